The van der Waals surface area contributed by atoms with Gasteiger partial charge in [-0.25, -0.2) is 14.6 Å². The first-order valence-corrected chi connectivity index (χ1v) is 35.4. The Morgan fingerprint density at radius 3 is 1.41 bits per heavy atom. The third-order valence-electron chi connectivity index (χ3n) is 19.9. The predicted molar refractivity (Wildman–Crippen MR) is 404 cm³/mol. The van der Waals surface area contributed by atoms with Crippen LogP contribution < -0.4 is 26.0 Å². The average molecular weight is 1410 g/mol. The van der Waals surface area contributed by atoms with Crippen molar-refractivity contribution in [3.63, 3.8) is 0 Å². The number of oxazole rings is 1. The molecule has 0 spiro atoms. The maximum absolute atomic E-state index is 11.5. The third kappa shape index (κ3) is 18.6. The molecular weight excluding hydrogens is 1310 g/mol. The van der Waals surface area contributed by atoms with Gasteiger partial charge in [-0.3, -0.25) is 48.0 Å². The number of amides is 8. The largest absolute Gasteiger partial charge is 0.419 e. The summed E-state index contributed by atoms with van der Waals surface area (Å²) in [5.41, 5.74) is 14.0. The van der Waals surface area contributed by atoms with Crippen LogP contribution in [0.2, 0.25) is 0 Å². The fourth-order valence-corrected chi connectivity index (χ4v) is 13.6. The molecule has 1 atom stereocenters. The van der Waals surface area contributed by atoms with Gasteiger partial charge in [0.05, 0.1) is 61.4 Å². The Balaban J connectivity index is 0.000000126. The predicted octanol–water partition coefficient (Wildman–Crippen LogP) is 9.46. The van der Waals surface area contributed by atoms with Crippen molar-refractivity contribution in [2.45, 2.75) is 96.3 Å². The number of aryl methyl sites for hydroxylation is 4. The number of hydrazine groups is 1. The van der Waals surface area contributed by atoms with E-state index in [-0.39, 0.29) is 52.8 Å². The van der Waals surface area contributed by atoms with Gasteiger partial charge in [0, 0.05) is 126 Å². The summed E-state index contributed by atoms with van der Waals surface area (Å²) in [6.07, 6.45) is 12.8. The van der Waals surface area contributed by atoms with Crippen molar-refractivity contribution < 1.29 is 38.0 Å². The first kappa shape index (κ1) is 75.6. The normalized spacial score (nSPS) is 17.6. The maximum Gasteiger partial charge on any atom is 0.419 e. The molecule has 9 aliphatic heterocycles. The quantitative estimate of drug-likeness (QED) is 0.138. The van der Waals surface area contributed by atoms with Crippen molar-refractivity contribution in [1.29, 1.82) is 0 Å². The Morgan fingerprint density at radius 1 is 0.404 bits per heavy atom. The number of nitrogens with zero attached hydrogens (tertiary/aromatic N) is 13. The molecule has 0 N–H and O–H groups in total. The molecule has 104 heavy (non-hydrogen) atoms. The fourth-order valence-electron chi connectivity index (χ4n) is 13.6. The van der Waals surface area contributed by atoms with Crippen LogP contribution in [0, 0.1) is 0 Å². The molecule has 11 heterocycles. The van der Waals surface area contributed by atoms with Crippen LogP contribution in [0.1, 0.15) is 83.9 Å². The number of carbonyl (C=O) groups is 7. The van der Waals surface area contributed by atoms with E-state index >= 15 is 0 Å². The van der Waals surface area contributed by atoms with E-state index in [1.54, 1.807) is 55.6 Å². The number of anilines is 3. The molecule has 9 aliphatic rings. The Labute approximate surface area is 607 Å². The molecule has 9 aromatic rings. The average Bonchev–Trinajstić information content (AvgIpc) is 1.65. The first-order valence-electron chi connectivity index (χ1n) is 35.4. The summed E-state index contributed by atoms with van der Waals surface area (Å²) in [6, 6.07) is 55.0. The fraction of sp³-hybridized carbons (Fsp3) is 0.358. The molecule has 544 valence electrons. The van der Waals surface area contributed by atoms with Gasteiger partial charge in [-0.05, 0) is 126 Å². The lowest BCUT2D eigenvalue weighted by atomic mass is 10.00. The van der Waals surface area contributed by atoms with Crippen LogP contribution in [0.25, 0.3) is 22.0 Å². The molecule has 23 nitrogen and oxygen atoms in total. The zero-order chi connectivity index (χ0) is 74.1. The molecule has 4 fully saturated rings. The van der Waals surface area contributed by atoms with Gasteiger partial charge in [0.1, 0.15) is 0 Å². The second kappa shape index (κ2) is 35.2. The molecule has 2 aromatic heterocycles. The molecular formula is C81H95N13O10. The van der Waals surface area contributed by atoms with Crippen LogP contribution in [0.15, 0.2) is 190 Å². The summed E-state index contributed by atoms with van der Waals surface area (Å²) in [6.45, 7) is 6.00. The highest BCUT2D eigenvalue weighted by Crippen LogP contribution is 2.30. The van der Waals surface area contributed by atoms with Crippen LogP contribution in [-0.4, -0.2) is 178 Å². The van der Waals surface area contributed by atoms with Crippen LogP contribution >= 0.6 is 0 Å². The van der Waals surface area contributed by atoms with Gasteiger partial charge < -0.3 is 43.3 Å². The molecule has 4 saturated heterocycles. The number of fused-ring (bicyclic) bond motifs is 9. The number of rotatable bonds is 0. The maximum atomic E-state index is 11.5. The summed E-state index contributed by atoms with van der Waals surface area (Å²) in [5.74, 6) is 1.03. The standard InChI is InChI=1S/4C10H11NO.C9H8N2O.C9H9NO.C8H14N2O.C8H7NO2.C7H13N3O/c2*1-11-7-9-5-3-2-4-8(9)6-10(11)12;2*1-11-9-5-3-2-4-8(9)6-7-10(11)12;1-11-6-10-8-5-3-2-4-7(8)9(11)12;1-10-8-5-3-2-4-7(8)6-9(10)11;1-9-7-4-2-3-5-10(7)6-8(9)11;1-9-6-4-2-3-5-7(6)11-8(9)10;1-8-6-9-4-2-3-5-10(9)7(8)11/h4*2-5H,6-7H2,1H3;2-6H,1H3;2-5H,6H2,1H3;7H,2-6H2,1H3;2-5H,1H3;2-6H2,1H3. The Kier molecular flexibility index (Phi) is 25.6. The lowest BCUT2D eigenvalue weighted by Gasteiger charge is -2.31. The summed E-state index contributed by atoms with van der Waals surface area (Å²) in [5, 5.41) is 4.64. The van der Waals surface area contributed by atoms with Gasteiger partial charge in [-0.2, -0.15) is 5.01 Å². The molecule has 0 bridgehead atoms. The second-order valence-electron chi connectivity index (χ2n) is 27.0. The monoisotopic (exact) mass is 1410 g/mol. The lowest BCUT2D eigenvalue weighted by Crippen LogP contribution is -2.43. The van der Waals surface area contributed by atoms with E-state index in [0.29, 0.717) is 55.8 Å². The zero-order valence-electron chi connectivity index (χ0n) is 61.2. The van der Waals surface area contributed by atoms with Crippen LogP contribution in [-0.2, 0) is 88.1 Å². The van der Waals surface area contributed by atoms with Crippen molar-refractivity contribution in [3.8, 4) is 0 Å². The van der Waals surface area contributed by atoms with E-state index in [2.05, 4.69) is 39.2 Å². The number of aromatic nitrogens is 3. The van der Waals surface area contributed by atoms with E-state index in [1.807, 2.05) is 193 Å². The van der Waals surface area contributed by atoms with Gasteiger partial charge in [-0.1, -0.05) is 127 Å². The number of likely N-dealkylation sites (N-methyl/N-ethyl adjacent to an activating group) is 4. The Hall–Kier alpha value is -11.0. The second-order valence-corrected chi connectivity index (χ2v) is 27.0. The molecule has 8 amide bonds. The minimum Gasteiger partial charge on any atom is -0.408 e. The Bertz CT molecular complexity index is 4540. The summed E-state index contributed by atoms with van der Waals surface area (Å²) in [4.78, 5) is 120. The number of piperidine rings is 1. The van der Waals surface area contributed by atoms with Gasteiger partial charge in [-0.15, -0.1) is 0 Å². The SMILES string of the molecule is CN1C(=O)CCc2ccccc21.CN1C(=O)CCc2ccccc21.CN1C(=O)CN2CCCCC21.CN1C(=O)Cc2ccccc21.CN1CN2CCCCN2C1=O.CN1Cc2ccccc2CC1=O.CN1Cc2ccccc2CC1=O.Cn1c(=O)oc2ccccc21.Cn1cnc2ccccc2c1=O. The van der Waals surface area contributed by atoms with Gasteiger partial charge in [0.2, 0.25) is 35.4 Å². The third-order valence-corrected chi connectivity index (χ3v) is 19.9. The van der Waals surface area contributed by atoms with Crippen molar-refractivity contribution in [3.05, 3.63) is 236 Å². The van der Waals surface area contributed by atoms with Gasteiger partial charge in [0.15, 0.2) is 5.58 Å². The van der Waals surface area contributed by atoms with Crippen LogP contribution in [0.3, 0.4) is 0 Å². The van der Waals surface area contributed by atoms with E-state index in [4.69, 9.17) is 4.42 Å². The van der Waals surface area contributed by atoms with Crippen LogP contribution in [0.5, 0.6) is 0 Å². The summed E-state index contributed by atoms with van der Waals surface area (Å²) >= 11 is 0. The van der Waals surface area contributed by atoms with E-state index in [9.17, 15) is 43.2 Å². The number of benzene rings is 7. The molecule has 23 heteroatoms. The highest BCUT2D eigenvalue weighted by Gasteiger charge is 2.37. The number of hydrogen-bond donors (Lipinski definition) is 0. The van der Waals surface area contributed by atoms with E-state index in [0.717, 1.165) is 92.3 Å². The molecule has 0 aliphatic carbocycles. The summed E-state index contributed by atoms with van der Waals surface area (Å²) in [7, 11) is 16.3. The van der Waals surface area contributed by atoms with Crippen molar-refractivity contribution in [2.24, 2.45) is 14.1 Å². The lowest BCUT2D eigenvalue weighted by molar-refractivity contribution is -0.131. The summed E-state index contributed by atoms with van der Waals surface area (Å²) < 4.78 is 7.86. The minimum atomic E-state index is -0.314. The van der Waals surface area contributed by atoms with Crippen molar-refractivity contribution in [2.75, 3.05) is 96.9 Å². The van der Waals surface area contributed by atoms with Gasteiger partial charge >= 0.3 is 11.8 Å². The number of carbonyl (C=O) groups excluding carboxylic acids is 7. The molecule has 18 rings (SSSR count). The molecule has 1 unspecified atom stereocenters. The highest BCUT2D eigenvalue weighted by molar-refractivity contribution is 6.01. The van der Waals surface area contributed by atoms with Crippen molar-refractivity contribution >= 4 is 80.5 Å². The molecule has 0 saturated carbocycles. The number of urea groups is 1. The number of hydrogen-bond acceptors (Lipinski definition) is 13. The zero-order valence-corrected chi connectivity index (χ0v) is 61.2. The van der Waals surface area contributed by atoms with Crippen LogP contribution in [0.4, 0.5) is 21.9 Å². The van der Waals surface area contributed by atoms with Crippen molar-refractivity contribution in [1.82, 2.24) is 48.6 Å². The van der Waals surface area contributed by atoms with E-state index < -0.39 is 0 Å². The van der Waals surface area contributed by atoms with E-state index in [1.165, 1.54) is 74.5 Å². The Morgan fingerprint density at radius 2 is 0.865 bits per heavy atom. The smallest absolute Gasteiger partial charge is 0.408 e. The van der Waals surface area contributed by atoms with Gasteiger partial charge in [0.25, 0.3) is 5.56 Å². The molecule has 0 radical (unpaired) electrons. The minimum absolute atomic E-state index is 0.000556. The topological polar surface area (TPSA) is 222 Å². The molecule has 7 aromatic carbocycles. The highest BCUT2D eigenvalue weighted by atomic mass is 16.4. The first-order chi connectivity index (χ1) is 50.1. The number of para-hydroxylation sites is 6.